The number of benzene rings is 1. The molecule has 2 N–H and O–H groups in total. The molecule has 1 heterocycles. The van der Waals surface area contributed by atoms with Gasteiger partial charge < -0.3 is 10.6 Å². The smallest absolute Gasteiger partial charge is 0.269 e. The fraction of sp³-hybridized carbons (Fsp3) is 0.312. The summed E-state index contributed by atoms with van der Waals surface area (Å²) in [7, 11) is 1.90. The highest BCUT2D eigenvalue weighted by atomic mass is 16.2. The first-order valence-electron chi connectivity index (χ1n) is 7.12. The minimum Gasteiger partial charge on any atom is -0.373 e. The second-order valence-electron chi connectivity index (χ2n) is 5.23. The summed E-state index contributed by atoms with van der Waals surface area (Å²) in [5, 5.41) is 4.04. The average molecular weight is 300 g/mol. The van der Waals surface area contributed by atoms with Gasteiger partial charge in [-0.3, -0.25) is 9.59 Å². The number of hydrogen-bond donors (Lipinski definition) is 1. The number of likely N-dealkylation sites (N-methyl/N-ethyl adjacent to an activating group) is 1. The van der Waals surface area contributed by atoms with Gasteiger partial charge in [0.25, 0.3) is 5.56 Å². The summed E-state index contributed by atoms with van der Waals surface area (Å²) in [6.07, 6.45) is 2.45. The summed E-state index contributed by atoms with van der Waals surface area (Å²) >= 11 is 0. The monoisotopic (exact) mass is 300 g/mol. The molecule has 2 rings (SSSR count). The molecule has 6 heteroatoms. The van der Waals surface area contributed by atoms with Crippen LogP contribution in [0.15, 0.2) is 47.4 Å². The highest BCUT2D eigenvalue weighted by Crippen LogP contribution is 2.10. The molecule has 116 valence electrons. The Balaban J connectivity index is 2.07. The standard InChI is InChI=1S/C16H20N4O2/c1-12(16(17)22)20-15(21)10-14(11-18-20)19(2)9-8-13-6-4-3-5-7-13/h3-7,10-12H,8-9H2,1-2H3,(H2,17,22)/t12-/m1/s1. The van der Waals surface area contributed by atoms with E-state index in [1.54, 1.807) is 13.1 Å². The van der Waals surface area contributed by atoms with Crippen LogP contribution in [0.2, 0.25) is 0 Å². The summed E-state index contributed by atoms with van der Waals surface area (Å²) in [6.45, 7) is 2.32. The molecular formula is C16H20N4O2. The number of hydrogen-bond acceptors (Lipinski definition) is 4. The number of anilines is 1. The molecule has 1 aromatic heterocycles. The molecule has 0 saturated heterocycles. The Kier molecular flexibility index (Phi) is 4.93. The summed E-state index contributed by atoms with van der Waals surface area (Å²) in [5.74, 6) is -0.584. The number of carbonyl (C=O) groups is 1. The first-order chi connectivity index (χ1) is 10.5. The van der Waals surface area contributed by atoms with E-state index in [4.69, 9.17) is 5.73 Å². The molecule has 1 atom stereocenters. The zero-order valence-corrected chi connectivity index (χ0v) is 12.8. The van der Waals surface area contributed by atoms with Gasteiger partial charge in [0, 0.05) is 19.7 Å². The van der Waals surface area contributed by atoms with Crippen molar-refractivity contribution < 1.29 is 4.79 Å². The molecule has 6 nitrogen and oxygen atoms in total. The van der Waals surface area contributed by atoms with Crippen LogP contribution in [0.25, 0.3) is 0 Å². The van der Waals surface area contributed by atoms with E-state index in [0.717, 1.165) is 17.6 Å². The molecule has 0 bridgehead atoms. The van der Waals surface area contributed by atoms with Crippen LogP contribution in [0.4, 0.5) is 5.69 Å². The van der Waals surface area contributed by atoms with Crippen molar-refractivity contribution in [1.82, 2.24) is 9.78 Å². The lowest BCUT2D eigenvalue weighted by atomic mass is 10.1. The molecule has 22 heavy (non-hydrogen) atoms. The van der Waals surface area contributed by atoms with E-state index in [0.29, 0.717) is 5.69 Å². The Bertz CT molecular complexity index is 697. The van der Waals surface area contributed by atoms with Crippen LogP contribution in [0, 0.1) is 0 Å². The lowest BCUT2D eigenvalue weighted by Gasteiger charge is -2.19. The topological polar surface area (TPSA) is 81.2 Å². The number of aromatic nitrogens is 2. The highest BCUT2D eigenvalue weighted by Gasteiger charge is 2.14. The van der Waals surface area contributed by atoms with E-state index in [1.165, 1.54) is 11.6 Å². The van der Waals surface area contributed by atoms with Crippen LogP contribution in [0.5, 0.6) is 0 Å². The third kappa shape index (κ3) is 3.72. The first kappa shape index (κ1) is 15.8. The van der Waals surface area contributed by atoms with Crippen molar-refractivity contribution in [2.75, 3.05) is 18.5 Å². The van der Waals surface area contributed by atoms with E-state index in [-0.39, 0.29) is 5.56 Å². The number of nitrogens with two attached hydrogens (primary N) is 1. The molecule has 0 fully saturated rings. The van der Waals surface area contributed by atoms with Gasteiger partial charge in [0.05, 0.1) is 11.9 Å². The Labute approximate surface area is 129 Å². The molecule has 1 aromatic carbocycles. The maximum Gasteiger partial charge on any atom is 0.269 e. The normalized spacial score (nSPS) is 11.9. The minimum atomic E-state index is -0.754. The van der Waals surface area contributed by atoms with Crippen molar-refractivity contribution in [3.8, 4) is 0 Å². The van der Waals surface area contributed by atoms with Crippen molar-refractivity contribution in [3.05, 3.63) is 58.5 Å². The lowest BCUT2D eigenvalue weighted by Crippen LogP contribution is -2.34. The van der Waals surface area contributed by atoms with E-state index in [1.807, 2.05) is 30.1 Å². The van der Waals surface area contributed by atoms with Crippen molar-refractivity contribution in [2.24, 2.45) is 5.73 Å². The molecule has 0 aliphatic rings. The van der Waals surface area contributed by atoms with Crippen LogP contribution in [0.1, 0.15) is 18.5 Å². The third-order valence-corrected chi connectivity index (χ3v) is 3.61. The maximum atomic E-state index is 12.0. The molecule has 0 radical (unpaired) electrons. The van der Waals surface area contributed by atoms with E-state index < -0.39 is 11.9 Å². The van der Waals surface area contributed by atoms with E-state index in [2.05, 4.69) is 17.2 Å². The largest absolute Gasteiger partial charge is 0.373 e. The van der Waals surface area contributed by atoms with Gasteiger partial charge in [-0.15, -0.1) is 0 Å². The molecule has 0 spiro atoms. The predicted octanol–water partition coefficient (Wildman–Crippen LogP) is 0.968. The summed E-state index contributed by atoms with van der Waals surface area (Å²) < 4.78 is 1.09. The summed E-state index contributed by atoms with van der Waals surface area (Å²) in [4.78, 5) is 25.1. The van der Waals surface area contributed by atoms with Gasteiger partial charge >= 0.3 is 0 Å². The van der Waals surface area contributed by atoms with Crippen molar-refractivity contribution in [3.63, 3.8) is 0 Å². The number of primary amides is 1. The van der Waals surface area contributed by atoms with Gasteiger partial charge in [0.1, 0.15) is 6.04 Å². The third-order valence-electron chi connectivity index (χ3n) is 3.61. The minimum absolute atomic E-state index is 0.338. The van der Waals surface area contributed by atoms with E-state index in [9.17, 15) is 9.59 Å². The fourth-order valence-electron chi connectivity index (χ4n) is 2.10. The summed E-state index contributed by atoms with van der Waals surface area (Å²) in [5.41, 5.74) is 6.81. The van der Waals surface area contributed by atoms with Crippen molar-refractivity contribution in [2.45, 2.75) is 19.4 Å². The van der Waals surface area contributed by atoms with Crippen LogP contribution >= 0.6 is 0 Å². The van der Waals surface area contributed by atoms with Crippen LogP contribution in [-0.4, -0.2) is 29.3 Å². The number of amides is 1. The molecule has 0 unspecified atom stereocenters. The van der Waals surface area contributed by atoms with Gasteiger partial charge in [0.2, 0.25) is 5.91 Å². The predicted molar refractivity (Wildman–Crippen MR) is 85.8 cm³/mol. The van der Waals surface area contributed by atoms with Crippen molar-refractivity contribution in [1.29, 1.82) is 0 Å². The number of carbonyl (C=O) groups excluding carboxylic acids is 1. The van der Waals surface area contributed by atoms with Gasteiger partial charge in [-0.05, 0) is 18.9 Å². The van der Waals surface area contributed by atoms with Gasteiger partial charge in [-0.1, -0.05) is 30.3 Å². The fourth-order valence-corrected chi connectivity index (χ4v) is 2.10. The Hall–Kier alpha value is -2.63. The summed E-state index contributed by atoms with van der Waals surface area (Å²) in [6, 6.07) is 10.8. The second-order valence-corrected chi connectivity index (χ2v) is 5.23. The van der Waals surface area contributed by atoms with Crippen LogP contribution in [0.3, 0.4) is 0 Å². The van der Waals surface area contributed by atoms with Gasteiger partial charge in [-0.25, -0.2) is 4.68 Å². The zero-order valence-electron chi connectivity index (χ0n) is 12.8. The molecule has 0 aliphatic heterocycles. The Morgan fingerprint density at radius 2 is 2.05 bits per heavy atom. The Morgan fingerprint density at radius 3 is 2.64 bits per heavy atom. The quantitative estimate of drug-likeness (QED) is 0.862. The zero-order chi connectivity index (χ0) is 16.1. The molecule has 2 aromatic rings. The highest BCUT2D eigenvalue weighted by molar-refractivity contribution is 5.77. The lowest BCUT2D eigenvalue weighted by molar-refractivity contribution is -0.121. The average Bonchev–Trinajstić information content (AvgIpc) is 2.52. The second kappa shape index (κ2) is 6.89. The van der Waals surface area contributed by atoms with Crippen LogP contribution < -0.4 is 16.2 Å². The SMILES string of the molecule is C[C@H](C(N)=O)n1ncc(N(C)CCc2ccccc2)cc1=O. The maximum absolute atomic E-state index is 12.0. The Morgan fingerprint density at radius 1 is 1.36 bits per heavy atom. The van der Waals surface area contributed by atoms with Gasteiger partial charge in [-0.2, -0.15) is 5.10 Å². The first-order valence-corrected chi connectivity index (χ1v) is 7.12. The van der Waals surface area contributed by atoms with Crippen molar-refractivity contribution >= 4 is 11.6 Å². The molecule has 0 saturated carbocycles. The van der Waals surface area contributed by atoms with Gasteiger partial charge in [0.15, 0.2) is 0 Å². The molecule has 1 amide bonds. The van der Waals surface area contributed by atoms with Crippen LogP contribution in [-0.2, 0) is 11.2 Å². The van der Waals surface area contributed by atoms with E-state index >= 15 is 0 Å². The molecular weight excluding hydrogens is 280 g/mol. The molecule has 0 aliphatic carbocycles. The number of rotatable bonds is 6. The number of nitrogens with zero attached hydrogens (tertiary/aromatic N) is 3.